The summed E-state index contributed by atoms with van der Waals surface area (Å²) in [5.74, 6) is 0.0711. The maximum absolute atomic E-state index is 11.0. The summed E-state index contributed by atoms with van der Waals surface area (Å²) in [5, 5.41) is 12.7. The molecule has 0 aromatic rings. The molecule has 0 bridgehead atoms. The Morgan fingerprint density at radius 1 is 1.77 bits per heavy atom. The van der Waals surface area contributed by atoms with Crippen LogP contribution in [0.1, 0.15) is 20.3 Å². The van der Waals surface area contributed by atoms with E-state index in [4.69, 9.17) is 0 Å². The van der Waals surface area contributed by atoms with E-state index in [2.05, 4.69) is 17.0 Å². The molecule has 0 aliphatic heterocycles. The topological polar surface area (TPSA) is 58.6 Å². The van der Waals surface area contributed by atoms with E-state index in [0.29, 0.717) is 12.0 Å². The second-order valence-corrected chi connectivity index (χ2v) is 3.97. The number of aliphatic hydroxyl groups is 1. The fourth-order valence-corrected chi connectivity index (χ4v) is 1.23. The van der Waals surface area contributed by atoms with Crippen LogP contribution in [-0.4, -0.2) is 36.4 Å². The van der Waals surface area contributed by atoms with Crippen molar-refractivity contribution < 1.29 is 14.6 Å². The van der Waals surface area contributed by atoms with Gasteiger partial charge in [-0.25, -0.2) is 4.79 Å². The van der Waals surface area contributed by atoms with Crippen LogP contribution >= 0.6 is 0 Å². The first-order chi connectivity index (χ1) is 5.97. The van der Waals surface area contributed by atoms with Gasteiger partial charge in [0.1, 0.15) is 0 Å². The predicted octanol–water partition coefficient (Wildman–Crippen LogP) is -0.0916. The molecule has 0 saturated heterocycles. The first kappa shape index (κ1) is 10.5. The number of nitrogens with one attached hydrogen (secondary N) is 1. The van der Waals surface area contributed by atoms with E-state index in [0.717, 1.165) is 6.42 Å². The molecule has 1 aliphatic carbocycles. The van der Waals surface area contributed by atoms with E-state index in [1.165, 1.54) is 14.0 Å². The van der Waals surface area contributed by atoms with Gasteiger partial charge in [0.15, 0.2) is 5.60 Å². The Hall–Kier alpha value is -0.610. The number of rotatable bonds is 4. The Morgan fingerprint density at radius 3 is 2.69 bits per heavy atom. The second kappa shape index (κ2) is 3.64. The molecule has 3 unspecified atom stereocenters. The van der Waals surface area contributed by atoms with Crippen molar-refractivity contribution in [2.45, 2.75) is 31.9 Å². The third-order valence-corrected chi connectivity index (χ3v) is 2.44. The van der Waals surface area contributed by atoms with E-state index in [1.807, 2.05) is 0 Å². The van der Waals surface area contributed by atoms with Gasteiger partial charge in [0.2, 0.25) is 0 Å². The van der Waals surface area contributed by atoms with Crippen LogP contribution < -0.4 is 5.32 Å². The molecule has 4 heteroatoms. The second-order valence-electron chi connectivity index (χ2n) is 3.97. The van der Waals surface area contributed by atoms with E-state index < -0.39 is 11.6 Å². The molecule has 0 spiro atoms. The molecule has 0 heterocycles. The van der Waals surface area contributed by atoms with Crippen LogP contribution in [0, 0.1) is 5.92 Å². The molecule has 1 aliphatic rings. The predicted molar refractivity (Wildman–Crippen MR) is 48.2 cm³/mol. The first-order valence-corrected chi connectivity index (χ1v) is 4.51. The van der Waals surface area contributed by atoms with Crippen molar-refractivity contribution in [1.29, 1.82) is 0 Å². The Kier molecular flexibility index (Phi) is 2.93. The highest BCUT2D eigenvalue weighted by Gasteiger charge is 2.37. The highest BCUT2D eigenvalue weighted by Crippen LogP contribution is 2.29. The van der Waals surface area contributed by atoms with Gasteiger partial charge in [0.05, 0.1) is 7.11 Å². The van der Waals surface area contributed by atoms with Gasteiger partial charge in [-0.1, -0.05) is 6.92 Å². The van der Waals surface area contributed by atoms with E-state index >= 15 is 0 Å². The van der Waals surface area contributed by atoms with Gasteiger partial charge < -0.3 is 15.2 Å². The van der Waals surface area contributed by atoms with Crippen molar-refractivity contribution >= 4 is 5.97 Å². The van der Waals surface area contributed by atoms with Crippen molar-refractivity contribution in [1.82, 2.24) is 5.32 Å². The van der Waals surface area contributed by atoms with Gasteiger partial charge in [-0.05, 0) is 19.3 Å². The van der Waals surface area contributed by atoms with Gasteiger partial charge in [-0.15, -0.1) is 0 Å². The monoisotopic (exact) mass is 187 g/mol. The van der Waals surface area contributed by atoms with Gasteiger partial charge in [0, 0.05) is 12.6 Å². The van der Waals surface area contributed by atoms with Crippen molar-refractivity contribution in [3.8, 4) is 0 Å². The number of hydrogen-bond donors (Lipinski definition) is 2. The summed E-state index contributed by atoms with van der Waals surface area (Å²) in [6, 6.07) is 0.455. The van der Waals surface area contributed by atoms with Gasteiger partial charge >= 0.3 is 5.97 Å². The minimum absolute atomic E-state index is 0.259. The number of carbonyl (C=O) groups excluding carboxylic acids is 1. The largest absolute Gasteiger partial charge is 0.467 e. The lowest BCUT2D eigenvalue weighted by molar-refractivity contribution is -0.159. The summed E-state index contributed by atoms with van der Waals surface area (Å²) >= 11 is 0. The van der Waals surface area contributed by atoms with Crippen LogP contribution in [0.4, 0.5) is 0 Å². The zero-order valence-electron chi connectivity index (χ0n) is 8.33. The standard InChI is InChI=1S/C9H17NO3/c1-6-4-7(6)10-5-9(2,12)8(11)13-3/h6-7,10,12H,4-5H2,1-3H3. The van der Waals surface area contributed by atoms with Crippen LogP contribution in [0.15, 0.2) is 0 Å². The third kappa shape index (κ3) is 2.67. The summed E-state index contributed by atoms with van der Waals surface area (Å²) in [4.78, 5) is 11.0. The maximum Gasteiger partial charge on any atom is 0.338 e. The smallest absolute Gasteiger partial charge is 0.338 e. The molecular formula is C9H17NO3. The van der Waals surface area contributed by atoms with Crippen LogP contribution in [0.25, 0.3) is 0 Å². The molecule has 1 saturated carbocycles. The fraction of sp³-hybridized carbons (Fsp3) is 0.889. The molecule has 3 atom stereocenters. The Labute approximate surface area is 78.3 Å². The number of esters is 1. The number of hydrogen-bond acceptors (Lipinski definition) is 4. The lowest BCUT2D eigenvalue weighted by Crippen LogP contribution is -2.46. The quantitative estimate of drug-likeness (QED) is 0.604. The van der Waals surface area contributed by atoms with Crippen molar-refractivity contribution in [2.75, 3.05) is 13.7 Å². The SMILES string of the molecule is COC(=O)C(C)(O)CNC1CC1C. The average Bonchev–Trinajstić information content (AvgIpc) is 2.77. The minimum Gasteiger partial charge on any atom is -0.467 e. The molecule has 1 rings (SSSR count). The molecule has 0 aromatic carbocycles. The lowest BCUT2D eigenvalue weighted by Gasteiger charge is -2.20. The molecule has 4 nitrogen and oxygen atoms in total. The van der Waals surface area contributed by atoms with Crippen molar-refractivity contribution in [3.63, 3.8) is 0 Å². The molecule has 13 heavy (non-hydrogen) atoms. The van der Waals surface area contributed by atoms with Crippen LogP contribution in [-0.2, 0) is 9.53 Å². The van der Waals surface area contributed by atoms with Crippen molar-refractivity contribution in [2.24, 2.45) is 5.92 Å². The number of ether oxygens (including phenoxy) is 1. The summed E-state index contributed by atoms with van der Waals surface area (Å²) in [6.45, 7) is 3.85. The van der Waals surface area contributed by atoms with E-state index in [-0.39, 0.29) is 6.54 Å². The van der Waals surface area contributed by atoms with E-state index in [9.17, 15) is 9.90 Å². The zero-order chi connectivity index (χ0) is 10.1. The molecule has 1 fully saturated rings. The third-order valence-electron chi connectivity index (χ3n) is 2.44. The van der Waals surface area contributed by atoms with Crippen LogP contribution in [0.5, 0.6) is 0 Å². The fourth-order valence-electron chi connectivity index (χ4n) is 1.23. The lowest BCUT2D eigenvalue weighted by atomic mass is 10.1. The van der Waals surface area contributed by atoms with Gasteiger partial charge in [-0.3, -0.25) is 0 Å². The molecule has 0 radical (unpaired) electrons. The molecule has 0 aromatic heterocycles. The van der Waals surface area contributed by atoms with Crippen molar-refractivity contribution in [3.05, 3.63) is 0 Å². The van der Waals surface area contributed by atoms with Crippen LogP contribution in [0.3, 0.4) is 0 Å². The van der Waals surface area contributed by atoms with Crippen LogP contribution in [0.2, 0.25) is 0 Å². The number of carbonyl (C=O) groups is 1. The molecule has 76 valence electrons. The maximum atomic E-state index is 11.0. The Balaban J connectivity index is 2.29. The highest BCUT2D eigenvalue weighted by atomic mass is 16.5. The summed E-state index contributed by atoms with van der Waals surface area (Å²) < 4.78 is 4.47. The highest BCUT2D eigenvalue weighted by molar-refractivity contribution is 5.78. The molecule has 2 N–H and O–H groups in total. The molecular weight excluding hydrogens is 170 g/mol. The van der Waals surface area contributed by atoms with E-state index in [1.54, 1.807) is 0 Å². The van der Waals surface area contributed by atoms with Gasteiger partial charge in [0.25, 0.3) is 0 Å². The minimum atomic E-state index is -1.41. The number of methoxy groups -OCH3 is 1. The zero-order valence-corrected chi connectivity index (χ0v) is 8.33. The molecule has 0 amide bonds. The Bertz CT molecular complexity index is 203. The summed E-state index contributed by atoms with van der Waals surface area (Å²) in [5.41, 5.74) is -1.41. The summed E-state index contributed by atoms with van der Waals surface area (Å²) in [6.07, 6.45) is 1.12. The average molecular weight is 187 g/mol. The first-order valence-electron chi connectivity index (χ1n) is 4.51. The summed E-state index contributed by atoms with van der Waals surface area (Å²) in [7, 11) is 1.27. The Morgan fingerprint density at radius 2 is 2.31 bits per heavy atom. The van der Waals surface area contributed by atoms with Gasteiger partial charge in [-0.2, -0.15) is 0 Å². The normalized spacial score (nSPS) is 30.8.